The largest absolute Gasteiger partial charge is 0.396 e. The number of aromatic amines is 1. The van der Waals surface area contributed by atoms with Crippen molar-refractivity contribution in [1.82, 2.24) is 14.5 Å². The van der Waals surface area contributed by atoms with Crippen molar-refractivity contribution in [1.29, 1.82) is 0 Å². The third-order valence-corrected chi connectivity index (χ3v) is 4.37. The van der Waals surface area contributed by atoms with Crippen molar-refractivity contribution in [3.05, 3.63) is 34.6 Å². The first-order valence-electron chi connectivity index (χ1n) is 7.00. The normalized spacial score (nSPS) is 11.5. The third-order valence-electron chi connectivity index (χ3n) is 3.42. The van der Waals surface area contributed by atoms with Gasteiger partial charge in [0.15, 0.2) is 5.16 Å². The Kier molecular flexibility index (Phi) is 4.47. The van der Waals surface area contributed by atoms with E-state index in [1.54, 1.807) is 11.7 Å². The molecule has 1 aromatic carbocycles. The lowest BCUT2D eigenvalue weighted by Crippen LogP contribution is -2.25. The van der Waals surface area contributed by atoms with E-state index in [4.69, 9.17) is 9.84 Å². The molecule has 0 fully saturated rings. The van der Waals surface area contributed by atoms with E-state index in [0.717, 1.165) is 10.9 Å². The summed E-state index contributed by atoms with van der Waals surface area (Å²) >= 11 is 1.37. The fourth-order valence-corrected chi connectivity index (χ4v) is 3.16. The zero-order valence-corrected chi connectivity index (χ0v) is 13.0. The summed E-state index contributed by atoms with van der Waals surface area (Å²) in [4.78, 5) is 20.5. The lowest BCUT2D eigenvalue weighted by Gasteiger charge is -2.11. The maximum absolute atomic E-state index is 12.7. The van der Waals surface area contributed by atoms with Crippen molar-refractivity contribution in [2.75, 3.05) is 26.1 Å². The van der Waals surface area contributed by atoms with Gasteiger partial charge in [0.25, 0.3) is 5.56 Å². The van der Waals surface area contributed by atoms with E-state index in [0.29, 0.717) is 35.1 Å². The molecule has 7 heteroatoms. The van der Waals surface area contributed by atoms with Crippen LogP contribution in [0.1, 0.15) is 0 Å². The second-order valence-electron chi connectivity index (χ2n) is 4.81. The number of rotatable bonds is 6. The molecule has 0 spiro atoms. The number of ether oxygens (including phenoxy) is 1. The van der Waals surface area contributed by atoms with Crippen LogP contribution < -0.4 is 5.56 Å². The summed E-state index contributed by atoms with van der Waals surface area (Å²) in [5.41, 5.74) is 1.96. The van der Waals surface area contributed by atoms with Crippen molar-refractivity contribution in [3.8, 4) is 0 Å². The van der Waals surface area contributed by atoms with Gasteiger partial charge in [0.05, 0.1) is 19.8 Å². The predicted octanol–water partition coefficient (Wildman–Crippen LogP) is 1.61. The van der Waals surface area contributed by atoms with Gasteiger partial charge in [-0.25, -0.2) is 4.98 Å². The predicted molar refractivity (Wildman–Crippen MR) is 87.5 cm³/mol. The van der Waals surface area contributed by atoms with Gasteiger partial charge in [-0.15, -0.1) is 0 Å². The minimum absolute atomic E-state index is 0.0384. The van der Waals surface area contributed by atoms with Crippen LogP contribution in [0.3, 0.4) is 0 Å². The summed E-state index contributed by atoms with van der Waals surface area (Å²) in [6.07, 6.45) is 0. The number of nitrogens with zero attached hydrogens (tertiary/aromatic N) is 2. The fraction of sp³-hybridized carbons (Fsp3) is 0.333. The van der Waals surface area contributed by atoms with Crippen LogP contribution in [0, 0.1) is 0 Å². The molecule has 6 nitrogen and oxygen atoms in total. The number of benzene rings is 1. The highest BCUT2D eigenvalue weighted by Crippen LogP contribution is 2.24. The minimum atomic E-state index is -0.112. The van der Waals surface area contributed by atoms with Crippen LogP contribution in [0.25, 0.3) is 21.9 Å². The summed E-state index contributed by atoms with van der Waals surface area (Å²) in [6, 6.07) is 7.72. The van der Waals surface area contributed by atoms with Gasteiger partial charge in [-0.05, 0) is 6.07 Å². The SMILES string of the molecule is COCCn1c(SCCO)nc2c([nH]c3ccccc32)c1=O. The number of aromatic nitrogens is 3. The Morgan fingerprint density at radius 3 is 3.00 bits per heavy atom. The van der Waals surface area contributed by atoms with E-state index in [1.165, 1.54) is 11.8 Å². The number of fused-ring (bicyclic) bond motifs is 3. The molecule has 0 aliphatic rings. The summed E-state index contributed by atoms with van der Waals surface area (Å²) in [7, 11) is 1.60. The molecule has 0 unspecified atom stereocenters. The van der Waals surface area contributed by atoms with E-state index >= 15 is 0 Å². The topological polar surface area (TPSA) is 80.1 Å². The smallest absolute Gasteiger partial charge is 0.278 e. The first kappa shape index (κ1) is 15.1. The number of nitrogens with one attached hydrogen (secondary N) is 1. The molecule has 2 heterocycles. The number of H-pyrrole nitrogens is 1. The molecule has 0 amide bonds. The fourth-order valence-electron chi connectivity index (χ4n) is 2.40. The number of aliphatic hydroxyl groups is 1. The van der Waals surface area contributed by atoms with E-state index in [9.17, 15) is 4.79 Å². The number of hydrogen-bond donors (Lipinski definition) is 2. The molecular formula is C15H17N3O3S. The summed E-state index contributed by atoms with van der Waals surface area (Å²) in [5.74, 6) is 0.493. The van der Waals surface area contributed by atoms with Gasteiger partial charge in [0.2, 0.25) is 0 Å². The molecule has 0 atom stereocenters. The van der Waals surface area contributed by atoms with Crippen LogP contribution >= 0.6 is 11.8 Å². The lowest BCUT2D eigenvalue weighted by molar-refractivity contribution is 0.183. The van der Waals surface area contributed by atoms with E-state index in [2.05, 4.69) is 9.97 Å². The highest BCUT2D eigenvalue weighted by atomic mass is 32.2. The van der Waals surface area contributed by atoms with Crippen LogP contribution in [0.15, 0.2) is 34.2 Å². The zero-order chi connectivity index (χ0) is 15.5. The van der Waals surface area contributed by atoms with Gasteiger partial charge < -0.3 is 14.8 Å². The van der Waals surface area contributed by atoms with Gasteiger partial charge in [-0.3, -0.25) is 9.36 Å². The van der Waals surface area contributed by atoms with E-state index in [1.807, 2.05) is 24.3 Å². The molecule has 3 aromatic rings. The zero-order valence-electron chi connectivity index (χ0n) is 12.2. The molecular weight excluding hydrogens is 302 g/mol. The van der Waals surface area contributed by atoms with Crippen molar-refractivity contribution in [2.24, 2.45) is 0 Å². The second kappa shape index (κ2) is 6.51. The molecule has 0 aliphatic heterocycles. The Hall–Kier alpha value is -1.83. The Morgan fingerprint density at radius 2 is 2.23 bits per heavy atom. The van der Waals surface area contributed by atoms with Crippen LogP contribution in [0.5, 0.6) is 0 Å². The molecule has 0 saturated carbocycles. The monoisotopic (exact) mass is 319 g/mol. The summed E-state index contributed by atoms with van der Waals surface area (Å²) in [6.45, 7) is 0.901. The molecule has 22 heavy (non-hydrogen) atoms. The number of aliphatic hydroxyl groups excluding tert-OH is 1. The maximum Gasteiger partial charge on any atom is 0.278 e. The first-order valence-corrected chi connectivity index (χ1v) is 7.98. The number of para-hydroxylation sites is 1. The van der Waals surface area contributed by atoms with Crippen molar-refractivity contribution in [3.63, 3.8) is 0 Å². The van der Waals surface area contributed by atoms with Gasteiger partial charge >= 0.3 is 0 Å². The van der Waals surface area contributed by atoms with Crippen molar-refractivity contribution in [2.45, 2.75) is 11.7 Å². The van der Waals surface area contributed by atoms with Crippen molar-refractivity contribution >= 4 is 33.7 Å². The standard InChI is InChI=1S/C15H17N3O3S/c1-21-8-6-18-14(20)13-12(17-15(18)22-9-7-19)10-4-2-3-5-11(10)16-13/h2-5,16,19H,6-9H2,1H3. The Morgan fingerprint density at radius 1 is 1.41 bits per heavy atom. The second-order valence-corrected chi connectivity index (χ2v) is 5.87. The van der Waals surface area contributed by atoms with Gasteiger partial charge in [0.1, 0.15) is 11.0 Å². The van der Waals surface area contributed by atoms with Gasteiger partial charge in [-0.2, -0.15) is 0 Å². The molecule has 0 saturated heterocycles. The average Bonchev–Trinajstić information content (AvgIpc) is 2.91. The maximum atomic E-state index is 12.7. The van der Waals surface area contributed by atoms with E-state index < -0.39 is 0 Å². The molecule has 2 aromatic heterocycles. The Balaban J connectivity index is 2.23. The molecule has 2 N–H and O–H groups in total. The molecule has 0 aliphatic carbocycles. The van der Waals surface area contributed by atoms with E-state index in [-0.39, 0.29) is 12.2 Å². The van der Waals surface area contributed by atoms with Gasteiger partial charge in [0, 0.05) is 23.8 Å². The quantitative estimate of drug-likeness (QED) is 0.533. The van der Waals surface area contributed by atoms with Gasteiger partial charge in [-0.1, -0.05) is 30.0 Å². The summed E-state index contributed by atoms with van der Waals surface area (Å²) in [5, 5.41) is 10.6. The molecule has 116 valence electrons. The van der Waals surface area contributed by atoms with Crippen LogP contribution in [0.2, 0.25) is 0 Å². The molecule has 0 bridgehead atoms. The molecule has 3 rings (SSSR count). The lowest BCUT2D eigenvalue weighted by atomic mass is 10.2. The molecule has 0 radical (unpaired) electrons. The third kappa shape index (κ3) is 2.63. The number of methoxy groups -OCH3 is 1. The summed E-state index contributed by atoms with van der Waals surface area (Å²) < 4.78 is 6.67. The van der Waals surface area contributed by atoms with Crippen LogP contribution in [-0.2, 0) is 11.3 Å². The Labute approximate surface area is 131 Å². The average molecular weight is 319 g/mol. The number of hydrogen-bond acceptors (Lipinski definition) is 5. The first-order chi connectivity index (χ1) is 10.8. The van der Waals surface area contributed by atoms with Crippen LogP contribution in [-0.4, -0.2) is 45.7 Å². The van der Waals surface area contributed by atoms with Crippen LogP contribution in [0.4, 0.5) is 0 Å². The highest BCUT2D eigenvalue weighted by molar-refractivity contribution is 7.99. The minimum Gasteiger partial charge on any atom is -0.396 e. The Bertz CT molecular complexity index is 856. The number of thioether (sulfide) groups is 1. The highest BCUT2D eigenvalue weighted by Gasteiger charge is 2.15. The van der Waals surface area contributed by atoms with Crippen molar-refractivity contribution < 1.29 is 9.84 Å².